The van der Waals surface area contributed by atoms with Crippen molar-refractivity contribution in [3.8, 4) is 5.69 Å². The van der Waals surface area contributed by atoms with Crippen LogP contribution in [-0.2, 0) is 6.54 Å². The van der Waals surface area contributed by atoms with E-state index in [2.05, 4.69) is 10.4 Å². The molecule has 0 unspecified atom stereocenters. The maximum Gasteiger partial charge on any atom is 0.297 e. The van der Waals surface area contributed by atoms with Crippen LogP contribution in [0.4, 0.5) is 10.1 Å². The summed E-state index contributed by atoms with van der Waals surface area (Å²) >= 11 is 0. The lowest BCUT2D eigenvalue weighted by Crippen LogP contribution is -2.07. The Kier molecular flexibility index (Phi) is 3.33. The summed E-state index contributed by atoms with van der Waals surface area (Å²) in [6.45, 7) is 0.558. The van der Waals surface area contributed by atoms with Gasteiger partial charge in [0.1, 0.15) is 11.5 Å². The first-order valence-corrected chi connectivity index (χ1v) is 5.25. The Bertz CT molecular complexity index is 582. The van der Waals surface area contributed by atoms with E-state index in [0.29, 0.717) is 6.54 Å². The van der Waals surface area contributed by atoms with Crippen LogP contribution in [0, 0.1) is 15.9 Å². The summed E-state index contributed by atoms with van der Waals surface area (Å²) < 4.78 is 14.4. The van der Waals surface area contributed by atoms with Crippen molar-refractivity contribution in [3.63, 3.8) is 0 Å². The van der Waals surface area contributed by atoms with Gasteiger partial charge in [-0.2, -0.15) is 5.10 Å². The maximum atomic E-state index is 13.0. The molecule has 0 aliphatic rings. The Balaban J connectivity index is 2.45. The van der Waals surface area contributed by atoms with E-state index in [4.69, 9.17) is 0 Å². The molecular weight excluding hydrogens is 239 g/mol. The topological polar surface area (TPSA) is 73.0 Å². The smallest absolute Gasteiger partial charge is 0.297 e. The molecule has 1 heterocycles. The summed E-state index contributed by atoms with van der Waals surface area (Å²) in [6.07, 6.45) is 1.60. The van der Waals surface area contributed by atoms with Crippen molar-refractivity contribution < 1.29 is 9.31 Å². The molecule has 6 nitrogen and oxygen atoms in total. The lowest BCUT2D eigenvalue weighted by Gasteiger charge is -2.02. The normalized spacial score (nSPS) is 10.6. The molecule has 1 N–H and O–H groups in total. The van der Waals surface area contributed by atoms with E-state index >= 15 is 0 Å². The van der Waals surface area contributed by atoms with E-state index in [-0.39, 0.29) is 11.4 Å². The summed E-state index contributed by atoms with van der Waals surface area (Å²) in [5.41, 5.74) is 0.675. The molecule has 0 spiro atoms. The quantitative estimate of drug-likeness (QED) is 0.661. The van der Waals surface area contributed by atoms with E-state index in [9.17, 15) is 14.5 Å². The molecule has 0 aliphatic heterocycles. The highest BCUT2D eigenvalue weighted by atomic mass is 19.1. The highest BCUT2D eigenvalue weighted by molar-refractivity contribution is 5.51. The number of hydrogen-bond acceptors (Lipinski definition) is 4. The van der Waals surface area contributed by atoms with Gasteiger partial charge in [-0.3, -0.25) is 10.1 Å². The fourth-order valence-corrected chi connectivity index (χ4v) is 1.61. The van der Waals surface area contributed by atoms with Crippen LogP contribution in [0.15, 0.2) is 30.5 Å². The number of benzene rings is 1. The van der Waals surface area contributed by atoms with E-state index in [1.54, 1.807) is 19.3 Å². The monoisotopic (exact) mass is 250 g/mol. The second kappa shape index (κ2) is 4.92. The second-order valence-corrected chi connectivity index (χ2v) is 3.67. The summed E-state index contributed by atoms with van der Waals surface area (Å²) in [6, 6.07) is 5.13. The van der Waals surface area contributed by atoms with Gasteiger partial charge in [0, 0.05) is 12.7 Å². The van der Waals surface area contributed by atoms with E-state index in [1.807, 2.05) is 0 Å². The Morgan fingerprint density at radius 2 is 2.28 bits per heavy atom. The predicted molar refractivity (Wildman–Crippen MR) is 62.9 cm³/mol. The number of halogens is 1. The molecule has 0 radical (unpaired) electrons. The van der Waals surface area contributed by atoms with E-state index in [0.717, 1.165) is 11.8 Å². The van der Waals surface area contributed by atoms with Crippen molar-refractivity contribution >= 4 is 5.69 Å². The van der Waals surface area contributed by atoms with Crippen LogP contribution in [0.25, 0.3) is 5.69 Å². The molecule has 0 bridgehead atoms. The number of nitro groups is 1. The first-order chi connectivity index (χ1) is 8.61. The van der Waals surface area contributed by atoms with Crippen molar-refractivity contribution in [1.29, 1.82) is 0 Å². The lowest BCUT2D eigenvalue weighted by molar-refractivity contribution is -0.384. The molecule has 0 saturated heterocycles. The third kappa shape index (κ3) is 2.35. The molecule has 0 amide bonds. The minimum Gasteiger partial charge on any atom is -0.314 e. The van der Waals surface area contributed by atoms with E-state index in [1.165, 1.54) is 16.8 Å². The van der Waals surface area contributed by atoms with Crippen molar-refractivity contribution in [2.75, 3.05) is 7.05 Å². The summed E-state index contributed by atoms with van der Waals surface area (Å²) in [5.74, 6) is -0.645. The zero-order chi connectivity index (χ0) is 13.1. The van der Waals surface area contributed by atoms with Crippen LogP contribution in [0.2, 0.25) is 0 Å². The van der Waals surface area contributed by atoms with Gasteiger partial charge in [0.2, 0.25) is 0 Å². The molecule has 1 aromatic heterocycles. The average molecular weight is 250 g/mol. The van der Waals surface area contributed by atoms with Crippen molar-refractivity contribution in [3.05, 3.63) is 52.1 Å². The SMILES string of the molecule is CNCc1ccn(-c2ccc(F)cc2[N+](=O)[O-])n1. The van der Waals surface area contributed by atoms with Gasteiger partial charge in [0.25, 0.3) is 5.69 Å². The van der Waals surface area contributed by atoms with Crippen LogP contribution in [0.3, 0.4) is 0 Å². The maximum absolute atomic E-state index is 13.0. The Morgan fingerprint density at radius 3 is 2.94 bits per heavy atom. The Morgan fingerprint density at radius 1 is 1.50 bits per heavy atom. The molecule has 0 fully saturated rings. The van der Waals surface area contributed by atoms with Crippen LogP contribution < -0.4 is 5.32 Å². The van der Waals surface area contributed by atoms with Crippen LogP contribution in [0.5, 0.6) is 0 Å². The standard InChI is InChI=1S/C11H11FN4O2/c1-13-7-9-4-5-15(14-9)10-3-2-8(12)6-11(10)16(17)18/h2-6,13H,7H2,1H3. The third-order valence-electron chi connectivity index (χ3n) is 2.38. The summed E-state index contributed by atoms with van der Waals surface area (Å²) in [4.78, 5) is 10.2. The zero-order valence-electron chi connectivity index (χ0n) is 9.63. The van der Waals surface area contributed by atoms with Crippen LogP contribution in [0.1, 0.15) is 5.69 Å². The highest BCUT2D eigenvalue weighted by Gasteiger charge is 2.17. The van der Waals surface area contributed by atoms with Gasteiger partial charge in [-0.1, -0.05) is 0 Å². The van der Waals surface area contributed by atoms with Gasteiger partial charge in [0.05, 0.1) is 16.7 Å². The molecule has 2 rings (SSSR count). The summed E-state index contributed by atoms with van der Waals surface area (Å²) in [5, 5.41) is 18.0. The largest absolute Gasteiger partial charge is 0.314 e. The minimum atomic E-state index is -0.645. The molecule has 0 atom stereocenters. The predicted octanol–water partition coefficient (Wildman–Crippen LogP) is 1.64. The number of rotatable bonds is 4. The molecule has 94 valence electrons. The fraction of sp³-hybridized carbons (Fsp3) is 0.182. The number of nitrogens with one attached hydrogen (secondary N) is 1. The highest BCUT2D eigenvalue weighted by Crippen LogP contribution is 2.23. The van der Waals surface area contributed by atoms with Crippen molar-refractivity contribution in [1.82, 2.24) is 15.1 Å². The first kappa shape index (κ1) is 12.2. The van der Waals surface area contributed by atoms with Crippen LogP contribution in [-0.4, -0.2) is 21.8 Å². The summed E-state index contributed by atoms with van der Waals surface area (Å²) in [7, 11) is 1.78. The molecule has 7 heteroatoms. The van der Waals surface area contributed by atoms with Gasteiger partial charge >= 0.3 is 0 Å². The number of aromatic nitrogens is 2. The zero-order valence-corrected chi connectivity index (χ0v) is 9.63. The molecule has 1 aromatic carbocycles. The number of nitro benzene ring substituents is 1. The van der Waals surface area contributed by atoms with Crippen LogP contribution >= 0.6 is 0 Å². The molecule has 0 saturated carbocycles. The van der Waals surface area contributed by atoms with Gasteiger partial charge in [0.15, 0.2) is 0 Å². The van der Waals surface area contributed by atoms with Gasteiger partial charge < -0.3 is 5.32 Å². The Hall–Kier alpha value is -2.28. The van der Waals surface area contributed by atoms with Crippen molar-refractivity contribution in [2.24, 2.45) is 0 Å². The number of hydrogen-bond donors (Lipinski definition) is 1. The van der Waals surface area contributed by atoms with Gasteiger partial charge in [-0.05, 0) is 25.2 Å². The second-order valence-electron chi connectivity index (χ2n) is 3.67. The first-order valence-electron chi connectivity index (χ1n) is 5.25. The third-order valence-corrected chi connectivity index (χ3v) is 2.38. The van der Waals surface area contributed by atoms with E-state index < -0.39 is 10.7 Å². The average Bonchev–Trinajstić information content (AvgIpc) is 2.78. The lowest BCUT2D eigenvalue weighted by atomic mass is 10.2. The molecular formula is C11H11FN4O2. The van der Waals surface area contributed by atoms with Crippen molar-refractivity contribution in [2.45, 2.75) is 6.54 Å². The fourth-order valence-electron chi connectivity index (χ4n) is 1.61. The van der Waals surface area contributed by atoms with Gasteiger partial charge in [-0.15, -0.1) is 0 Å². The Labute approximate surface area is 102 Å². The minimum absolute atomic E-state index is 0.240. The van der Waals surface area contributed by atoms with Gasteiger partial charge in [-0.25, -0.2) is 9.07 Å². The molecule has 0 aliphatic carbocycles. The molecule has 2 aromatic rings. The number of nitrogens with zero attached hydrogens (tertiary/aromatic N) is 3. The molecule has 18 heavy (non-hydrogen) atoms.